The van der Waals surface area contributed by atoms with Gasteiger partial charge in [-0.1, -0.05) is 48.0 Å². The first kappa shape index (κ1) is 14.9. The second kappa shape index (κ2) is 5.50. The van der Waals surface area contributed by atoms with Crippen molar-refractivity contribution in [1.29, 1.82) is 0 Å². The standard InChI is InChI=1S/C15H16BrNO3/c1-3-11(18)13-12(9-7-5-6-8-10(9)16)14(19)17-15(13,20)4-2/h5-8,20H,3-4H2,1-2H3,(H,17,19). The van der Waals surface area contributed by atoms with Crippen LogP contribution in [-0.2, 0) is 9.59 Å². The zero-order chi connectivity index (χ0) is 14.9. The molecule has 2 N–H and O–H groups in total. The Hall–Kier alpha value is -1.46. The van der Waals surface area contributed by atoms with E-state index in [1.54, 1.807) is 32.0 Å². The van der Waals surface area contributed by atoms with E-state index in [-0.39, 0.29) is 29.8 Å². The Labute approximate surface area is 126 Å². The molecule has 0 radical (unpaired) electrons. The van der Waals surface area contributed by atoms with Crippen LogP contribution in [0.1, 0.15) is 32.3 Å². The number of carbonyl (C=O) groups excluding carboxylic acids is 2. The van der Waals surface area contributed by atoms with Crippen LogP contribution >= 0.6 is 15.9 Å². The molecule has 0 bridgehead atoms. The molecule has 1 aromatic carbocycles. The molecule has 20 heavy (non-hydrogen) atoms. The summed E-state index contributed by atoms with van der Waals surface area (Å²) in [6, 6.07) is 7.17. The number of benzene rings is 1. The largest absolute Gasteiger partial charge is 0.367 e. The van der Waals surface area contributed by atoms with Crippen LogP contribution in [0.4, 0.5) is 0 Å². The molecule has 4 nitrogen and oxygen atoms in total. The number of hydrogen-bond donors (Lipinski definition) is 2. The summed E-state index contributed by atoms with van der Waals surface area (Å²) in [5.41, 5.74) is -0.534. The van der Waals surface area contributed by atoms with Gasteiger partial charge in [-0.2, -0.15) is 0 Å². The van der Waals surface area contributed by atoms with Crippen LogP contribution in [0, 0.1) is 0 Å². The van der Waals surface area contributed by atoms with E-state index in [0.29, 0.717) is 10.0 Å². The van der Waals surface area contributed by atoms with Crippen LogP contribution in [0.5, 0.6) is 0 Å². The Morgan fingerprint density at radius 3 is 2.55 bits per heavy atom. The number of halogens is 1. The molecule has 106 valence electrons. The molecule has 0 fully saturated rings. The van der Waals surface area contributed by atoms with E-state index < -0.39 is 11.6 Å². The molecule has 1 aliphatic rings. The van der Waals surface area contributed by atoms with Gasteiger partial charge in [0.05, 0.1) is 11.1 Å². The number of ketones is 1. The van der Waals surface area contributed by atoms with E-state index in [0.717, 1.165) is 0 Å². The predicted molar refractivity (Wildman–Crippen MR) is 79.7 cm³/mol. The molecule has 1 aromatic rings. The lowest BCUT2D eigenvalue weighted by Crippen LogP contribution is -2.45. The Kier molecular flexibility index (Phi) is 4.11. The minimum absolute atomic E-state index is 0.166. The van der Waals surface area contributed by atoms with Crippen molar-refractivity contribution in [3.63, 3.8) is 0 Å². The van der Waals surface area contributed by atoms with Crippen molar-refractivity contribution >= 4 is 33.2 Å². The van der Waals surface area contributed by atoms with Crippen molar-refractivity contribution < 1.29 is 14.7 Å². The molecule has 1 atom stereocenters. The number of Topliss-reactive ketones (excluding diaryl/α,β-unsaturated/α-hetero) is 1. The normalized spacial score (nSPS) is 22.1. The van der Waals surface area contributed by atoms with Crippen LogP contribution in [0.3, 0.4) is 0 Å². The number of nitrogens with one attached hydrogen (secondary N) is 1. The molecule has 0 aliphatic carbocycles. The van der Waals surface area contributed by atoms with Gasteiger partial charge < -0.3 is 10.4 Å². The fourth-order valence-electron chi connectivity index (χ4n) is 2.37. The summed E-state index contributed by atoms with van der Waals surface area (Å²) in [4.78, 5) is 24.4. The van der Waals surface area contributed by atoms with E-state index in [1.165, 1.54) is 0 Å². The van der Waals surface area contributed by atoms with Crippen LogP contribution in [0.15, 0.2) is 34.3 Å². The number of rotatable bonds is 4. The average Bonchev–Trinajstić information content (AvgIpc) is 2.70. The van der Waals surface area contributed by atoms with Crippen molar-refractivity contribution in [3.8, 4) is 0 Å². The van der Waals surface area contributed by atoms with E-state index >= 15 is 0 Å². The molecule has 5 heteroatoms. The molecule has 1 heterocycles. The lowest BCUT2D eigenvalue weighted by Gasteiger charge is -2.23. The molecule has 1 aliphatic heterocycles. The van der Waals surface area contributed by atoms with Crippen LogP contribution in [0.2, 0.25) is 0 Å². The van der Waals surface area contributed by atoms with Gasteiger partial charge in [0.1, 0.15) is 0 Å². The highest BCUT2D eigenvalue weighted by molar-refractivity contribution is 9.10. The molecular weight excluding hydrogens is 322 g/mol. The van der Waals surface area contributed by atoms with E-state index in [9.17, 15) is 14.7 Å². The van der Waals surface area contributed by atoms with Crippen LogP contribution in [-0.4, -0.2) is 22.5 Å². The summed E-state index contributed by atoms with van der Waals surface area (Å²) in [6.07, 6.45) is 0.480. The maximum atomic E-state index is 12.2. The van der Waals surface area contributed by atoms with Crippen molar-refractivity contribution in [2.75, 3.05) is 0 Å². The first-order chi connectivity index (χ1) is 9.44. The zero-order valence-corrected chi connectivity index (χ0v) is 13.0. The summed E-state index contributed by atoms with van der Waals surface area (Å²) < 4.78 is 0.715. The molecule has 0 saturated carbocycles. The van der Waals surface area contributed by atoms with Gasteiger partial charge in [-0.3, -0.25) is 9.59 Å². The summed E-state index contributed by atoms with van der Waals surface area (Å²) >= 11 is 3.38. The Morgan fingerprint density at radius 2 is 2.00 bits per heavy atom. The second-order valence-corrected chi connectivity index (χ2v) is 5.53. The predicted octanol–water partition coefficient (Wildman–Crippen LogP) is 2.41. The zero-order valence-electron chi connectivity index (χ0n) is 11.4. The van der Waals surface area contributed by atoms with Crippen molar-refractivity contribution in [2.45, 2.75) is 32.4 Å². The summed E-state index contributed by atoms with van der Waals surface area (Å²) in [5.74, 6) is -0.642. The van der Waals surface area contributed by atoms with Crippen molar-refractivity contribution in [3.05, 3.63) is 39.9 Å². The first-order valence-corrected chi connectivity index (χ1v) is 7.31. The van der Waals surface area contributed by atoms with E-state index in [1.807, 2.05) is 6.07 Å². The fraction of sp³-hybridized carbons (Fsp3) is 0.333. The SMILES string of the molecule is CCC(=O)C1=C(c2ccccc2Br)C(=O)NC1(O)CC. The summed E-state index contributed by atoms with van der Waals surface area (Å²) in [6.45, 7) is 3.44. The second-order valence-electron chi connectivity index (χ2n) is 4.67. The highest BCUT2D eigenvalue weighted by Crippen LogP contribution is 2.37. The lowest BCUT2D eigenvalue weighted by atomic mass is 9.91. The fourth-order valence-corrected chi connectivity index (χ4v) is 2.85. The van der Waals surface area contributed by atoms with Crippen molar-refractivity contribution in [1.82, 2.24) is 5.32 Å². The van der Waals surface area contributed by atoms with Crippen LogP contribution in [0.25, 0.3) is 5.57 Å². The number of amides is 1. The van der Waals surface area contributed by atoms with Crippen molar-refractivity contribution in [2.24, 2.45) is 0 Å². The van der Waals surface area contributed by atoms with E-state index in [4.69, 9.17) is 0 Å². The highest BCUT2D eigenvalue weighted by Gasteiger charge is 2.45. The molecule has 0 spiro atoms. The number of hydrogen-bond acceptors (Lipinski definition) is 3. The Morgan fingerprint density at radius 1 is 1.35 bits per heavy atom. The molecule has 2 rings (SSSR count). The first-order valence-electron chi connectivity index (χ1n) is 6.52. The van der Waals surface area contributed by atoms with Gasteiger partial charge >= 0.3 is 0 Å². The van der Waals surface area contributed by atoms with Gasteiger partial charge in [-0.05, 0) is 12.5 Å². The topological polar surface area (TPSA) is 66.4 Å². The molecule has 0 aromatic heterocycles. The highest BCUT2D eigenvalue weighted by atomic mass is 79.9. The third kappa shape index (κ3) is 2.31. The smallest absolute Gasteiger partial charge is 0.254 e. The van der Waals surface area contributed by atoms with E-state index in [2.05, 4.69) is 21.2 Å². The molecule has 1 unspecified atom stereocenters. The summed E-state index contributed by atoms with van der Waals surface area (Å²) in [7, 11) is 0. The van der Waals surface area contributed by atoms with Gasteiger partial charge in [-0.25, -0.2) is 0 Å². The minimum atomic E-state index is -1.57. The van der Waals surface area contributed by atoms with Gasteiger partial charge in [0, 0.05) is 16.5 Å². The number of aliphatic hydroxyl groups is 1. The monoisotopic (exact) mass is 337 g/mol. The average molecular weight is 338 g/mol. The van der Waals surface area contributed by atoms with Gasteiger partial charge in [0.2, 0.25) is 0 Å². The summed E-state index contributed by atoms with van der Waals surface area (Å²) in [5, 5.41) is 13.1. The third-order valence-electron chi connectivity index (χ3n) is 3.47. The maximum Gasteiger partial charge on any atom is 0.254 e. The Balaban J connectivity index is 2.72. The Bertz CT molecular complexity index is 609. The quantitative estimate of drug-likeness (QED) is 0.886. The van der Waals surface area contributed by atoms with Crippen LogP contribution < -0.4 is 5.32 Å². The van der Waals surface area contributed by atoms with Gasteiger partial charge in [-0.15, -0.1) is 0 Å². The molecular formula is C15H16BrNO3. The number of carbonyl (C=O) groups is 2. The minimum Gasteiger partial charge on any atom is -0.367 e. The molecule has 0 saturated heterocycles. The molecule has 1 amide bonds. The maximum absolute atomic E-state index is 12.2. The third-order valence-corrected chi connectivity index (χ3v) is 4.16. The van der Waals surface area contributed by atoms with Gasteiger partial charge in [0.25, 0.3) is 5.91 Å². The van der Waals surface area contributed by atoms with Gasteiger partial charge in [0.15, 0.2) is 11.5 Å². The lowest BCUT2D eigenvalue weighted by molar-refractivity contribution is -0.120.